The van der Waals surface area contributed by atoms with Gasteiger partial charge >= 0.3 is 0 Å². The molecule has 0 aliphatic carbocycles. The summed E-state index contributed by atoms with van der Waals surface area (Å²) in [6, 6.07) is 8.49. The van der Waals surface area contributed by atoms with Crippen LogP contribution in [-0.2, 0) is 13.0 Å². The van der Waals surface area contributed by atoms with Crippen LogP contribution in [0, 0.1) is 6.92 Å². The standard InChI is InChI=1S/C17H24ClN3/c1-5-21-16(17(18)12(4)20-21)10-15(19)14-8-6-13(7-9-14)11(2)3/h6-9,11,15H,5,10,19H2,1-4H3. The summed E-state index contributed by atoms with van der Waals surface area (Å²) in [6.45, 7) is 9.19. The number of hydrogen-bond acceptors (Lipinski definition) is 2. The first-order valence-corrected chi connectivity index (χ1v) is 7.89. The summed E-state index contributed by atoms with van der Waals surface area (Å²) in [5.41, 5.74) is 10.7. The minimum atomic E-state index is -0.0647. The number of aryl methyl sites for hydroxylation is 2. The lowest BCUT2D eigenvalue weighted by molar-refractivity contribution is 0.587. The van der Waals surface area contributed by atoms with Crippen LogP contribution in [0.25, 0.3) is 0 Å². The molecular formula is C17H24ClN3. The van der Waals surface area contributed by atoms with Crippen molar-refractivity contribution in [1.82, 2.24) is 9.78 Å². The molecule has 4 heteroatoms. The maximum Gasteiger partial charge on any atom is 0.0847 e. The number of hydrogen-bond donors (Lipinski definition) is 1. The van der Waals surface area contributed by atoms with E-state index in [0.717, 1.165) is 28.5 Å². The zero-order valence-electron chi connectivity index (χ0n) is 13.2. The molecule has 0 bridgehead atoms. The summed E-state index contributed by atoms with van der Waals surface area (Å²) in [6.07, 6.45) is 0.703. The Balaban J connectivity index is 2.19. The van der Waals surface area contributed by atoms with Crippen LogP contribution in [0.4, 0.5) is 0 Å². The summed E-state index contributed by atoms with van der Waals surface area (Å²) < 4.78 is 1.94. The number of halogens is 1. The average molecular weight is 306 g/mol. The largest absolute Gasteiger partial charge is 0.324 e. The summed E-state index contributed by atoms with van der Waals surface area (Å²) in [4.78, 5) is 0. The average Bonchev–Trinajstić information content (AvgIpc) is 2.75. The Morgan fingerprint density at radius 1 is 1.19 bits per heavy atom. The molecule has 0 saturated heterocycles. The third-order valence-electron chi connectivity index (χ3n) is 3.90. The van der Waals surface area contributed by atoms with Gasteiger partial charge in [-0.25, -0.2) is 0 Å². The molecule has 0 fully saturated rings. The van der Waals surface area contributed by atoms with Crippen molar-refractivity contribution in [2.45, 2.75) is 52.6 Å². The highest BCUT2D eigenvalue weighted by atomic mass is 35.5. The smallest absolute Gasteiger partial charge is 0.0847 e. The van der Waals surface area contributed by atoms with Gasteiger partial charge in [-0.2, -0.15) is 5.10 Å². The lowest BCUT2D eigenvalue weighted by Gasteiger charge is -2.15. The first kappa shape index (κ1) is 16.1. The third kappa shape index (κ3) is 3.47. The second kappa shape index (κ2) is 6.63. The van der Waals surface area contributed by atoms with Crippen molar-refractivity contribution < 1.29 is 0 Å². The zero-order chi connectivity index (χ0) is 15.6. The van der Waals surface area contributed by atoms with E-state index in [9.17, 15) is 0 Å². The molecule has 3 nitrogen and oxygen atoms in total. The van der Waals surface area contributed by atoms with Crippen LogP contribution >= 0.6 is 11.6 Å². The first-order chi connectivity index (χ1) is 9.93. The van der Waals surface area contributed by atoms with E-state index >= 15 is 0 Å². The third-order valence-corrected chi connectivity index (χ3v) is 4.39. The topological polar surface area (TPSA) is 43.8 Å². The van der Waals surface area contributed by atoms with Crippen molar-refractivity contribution in [2.24, 2.45) is 5.73 Å². The van der Waals surface area contributed by atoms with Crippen molar-refractivity contribution >= 4 is 11.6 Å². The lowest BCUT2D eigenvalue weighted by atomic mass is 9.97. The number of nitrogens with two attached hydrogens (primary N) is 1. The normalized spacial score (nSPS) is 12.9. The molecule has 1 heterocycles. The van der Waals surface area contributed by atoms with Crippen LogP contribution in [0.1, 0.15) is 55.2 Å². The Labute approximate surface area is 132 Å². The van der Waals surface area contributed by atoms with Gasteiger partial charge in [0.2, 0.25) is 0 Å². The van der Waals surface area contributed by atoms with E-state index in [1.54, 1.807) is 0 Å². The van der Waals surface area contributed by atoms with Crippen molar-refractivity contribution in [1.29, 1.82) is 0 Å². The van der Waals surface area contributed by atoms with E-state index in [4.69, 9.17) is 17.3 Å². The SMILES string of the molecule is CCn1nc(C)c(Cl)c1CC(N)c1ccc(C(C)C)cc1. The Kier molecular flexibility index (Phi) is 5.07. The van der Waals surface area contributed by atoms with E-state index in [1.807, 2.05) is 11.6 Å². The molecule has 1 aromatic carbocycles. The van der Waals surface area contributed by atoms with Gasteiger partial charge in [0.05, 0.1) is 16.4 Å². The number of benzene rings is 1. The molecule has 2 aromatic rings. The van der Waals surface area contributed by atoms with Gasteiger partial charge < -0.3 is 5.73 Å². The molecule has 0 aliphatic heterocycles. The van der Waals surface area contributed by atoms with Gasteiger partial charge in [-0.3, -0.25) is 4.68 Å². The Morgan fingerprint density at radius 2 is 1.76 bits per heavy atom. The predicted octanol–water partition coefficient (Wildman–Crippen LogP) is 4.23. The zero-order valence-corrected chi connectivity index (χ0v) is 14.0. The summed E-state index contributed by atoms with van der Waals surface area (Å²) in [5, 5.41) is 5.18. The predicted molar refractivity (Wildman–Crippen MR) is 88.8 cm³/mol. The van der Waals surface area contributed by atoms with E-state index < -0.39 is 0 Å². The highest BCUT2D eigenvalue weighted by Gasteiger charge is 2.16. The van der Waals surface area contributed by atoms with Crippen LogP contribution in [0.15, 0.2) is 24.3 Å². The van der Waals surface area contributed by atoms with Gasteiger partial charge in [0.1, 0.15) is 0 Å². The van der Waals surface area contributed by atoms with Crippen molar-refractivity contribution in [2.75, 3.05) is 0 Å². The van der Waals surface area contributed by atoms with Crippen LogP contribution in [0.5, 0.6) is 0 Å². The molecule has 2 rings (SSSR count). The fourth-order valence-corrected chi connectivity index (χ4v) is 2.73. The van der Waals surface area contributed by atoms with Crippen molar-refractivity contribution in [3.8, 4) is 0 Å². The summed E-state index contributed by atoms with van der Waals surface area (Å²) in [5.74, 6) is 0.536. The van der Waals surface area contributed by atoms with Crippen molar-refractivity contribution in [3.05, 3.63) is 51.8 Å². The maximum absolute atomic E-state index is 6.36. The number of nitrogens with zero attached hydrogens (tertiary/aromatic N) is 2. The van der Waals surface area contributed by atoms with Crippen molar-refractivity contribution in [3.63, 3.8) is 0 Å². The highest BCUT2D eigenvalue weighted by Crippen LogP contribution is 2.26. The number of aromatic nitrogens is 2. The molecule has 0 amide bonds. The van der Waals surface area contributed by atoms with Gasteiger partial charge in [-0.05, 0) is 30.9 Å². The van der Waals surface area contributed by atoms with Gasteiger partial charge in [0, 0.05) is 19.0 Å². The molecule has 0 saturated carbocycles. The van der Waals surface area contributed by atoms with Gasteiger partial charge in [0.25, 0.3) is 0 Å². The van der Waals surface area contributed by atoms with Crippen LogP contribution in [0.2, 0.25) is 5.02 Å². The fraction of sp³-hybridized carbons (Fsp3) is 0.471. The molecule has 0 spiro atoms. The van der Waals surface area contributed by atoms with Gasteiger partial charge in [-0.1, -0.05) is 49.7 Å². The van der Waals surface area contributed by atoms with Gasteiger partial charge in [0.15, 0.2) is 0 Å². The van der Waals surface area contributed by atoms with Crippen LogP contribution in [0.3, 0.4) is 0 Å². The molecule has 2 N–H and O–H groups in total. The molecule has 1 atom stereocenters. The van der Waals surface area contributed by atoms with E-state index in [1.165, 1.54) is 5.56 Å². The van der Waals surface area contributed by atoms with Crippen LogP contribution in [-0.4, -0.2) is 9.78 Å². The Bertz CT molecular complexity index is 599. The van der Waals surface area contributed by atoms with E-state index in [0.29, 0.717) is 12.3 Å². The monoisotopic (exact) mass is 305 g/mol. The minimum Gasteiger partial charge on any atom is -0.324 e. The second-order valence-corrected chi connectivity index (χ2v) is 6.17. The minimum absolute atomic E-state index is 0.0647. The van der Waals surface area contributed by atoms with E-state index in [-0.39, 0.29) is 6.04 Å². The molecule has 21 heavy (non-hydrogen) atoms. The molecular weight excluding hydrogens is 282 g/mol. The van der Waals surface area contributed by atoms with E-state index in [2.05, 4.69) is 50.1 Å². The lowest BCUT2D eigenvalue weighted by Crippen LogP contribution is -2.16. The second-order valence-electron chi connectivity index (χ2n) is 5.79. The maximum atomic E-state index is 6.36. The van der Waals surface area contributed by atoms with Crippen LogP contribution < -0.4 is 5.73 Å². The number of rotatable bonds is 5. The van der Waals surface area contributed by atoms with Gasteiger partial charge in [-0.15, -0.1) is 0 Å². The molecule has 1 aromatic heterocycles. The molecule has 1 unspecified atom stereocenters. The molecule has 114 valence electrons. The quantitative estimate of drug-likeness (QED) is 0.898. The fourth-order valence-electron chi connectivity index (χ4n) is 2.52. The highest BCUT2D eigenvalue weighted by molar-refractivity contribution is 6.31. The summed E-state index contributed by atoms with van der Waals surface area (Å²) >= 11 is 6.35. The molecule has 0 aliphatic rings. The first-order valence-electron chi connectivity index (χ1n) is 7.51. The Morgan fingerprint density at radius 3 is 2.29 bits per heavy atom. The molecule has 0 radical (unpaired) electrons. The Hall–Kier alpha value is -1.32. The summed E-state index contributed by atoms with van der Waals surface area (Å²) in [7, 11) is 0.